The maximum atomic E-state index is 13.3. The molecule has 0 unspecified atom stereocenters. The molecule has 0 heterocycles. The van der Waals surface area contributed by atoms with Crippen LogP contribution in [0.25, 0.3) is 0 Å². The second-order valence-electron chi connectivity index (χ2n) is 7.84. The minimum Gasteiger partial charge on any atom is -0.468 e. The number of ether oxygens (including phenoxy) is 1. The zero-order chi connectivity index (χ0) is 21.6. The number of aryl methyl sites for hydroxylation is 1. The third kappa shape index (κ3) is 5.06. The molecule has 3 rings (SSSR count). The van der Waals surface area contributed by atoms with Crippen LogP contribution < -0.4 is 10.6 Å². The van der Waals surface area contributed by atoms with Crippen LogP contribution in [0, 0.1) is 6.92 Å². The largest absolute Gasteiger partial charge is 0.468 e. The van der Waals surface area contributed by atoms with Crippen LogP contribution in [0.5, 0.6) is 0 Å². The van der Waals surface area contributed by atoms with Gasteiger partial charge in [-0.3, -0.25) is 14.4 Å². The summed E-state index contributed by atoms with van der Waals surface area (Å²) in [6.45, 7) is 1.90. The summed E-state index contributed by atoms with van der Waals surface area (Å²) in [5, 5.41) is 5.58. The summed E-state index contributed by atoms with van der Waals surface area (Å²) in [6, 6.07) is 15.4. The number of anilines is 1. The van der Waals surface area contributed by atoms with E-state index in [2.05, 4.69) is 21.4 Å². The Balaban J connectivity index is 1.65. The first-order valence-electron chi connectivity index (χ1n) is 10.2. The van der Waals surface area contributed by atoms with Gasteiger partial charge >= 0.3 is 5.97 Å². The average Bonchev–Trinajstić information content (AvgIpc) is 3.25. The highest BCUT2D eigenvalue weighted by atomic mass is 16.5. The highest BCUT2D eigenvalue weighted by molar-refractivity contribution is 5.99. The molecule has 6 nitrogen and oxygen atoms in total. The van der Waals surface area contributed by atoms with Gasteiger partial charge in [0, 0.05) is 5.69 Å². The molecule has 2 amide bonds. The van der Waals surface area contributed by atoms with E-state index < -0.39 is 11.4 Å². The Labute approximate surface area is 177 Å². The lowest BCUT2D eigenvalue weighted by atomic mass is 9.77. The van der Waals surface area contributed by atoms with Crippen LogP contribution in [0.2, 0.25) is 0 Å². The van der Waals surface area contributed by atoms with Crippen LogP contribution in [0.3, 0.4) is 0 Å². The van der Waals surface area contributed by atoms with Crippen molar-refractivity contribution in [3.63, 3.8) is 0 Å². The summed E-state index contributed by atoms with van der Waals surface area (Å²) >= 11 is 0. The zero-order valence-electron chi connectivity index (χ0n) is 17.5. The van der Waals surface area contributed by atoms with Crippen molar-refractivity contribution in [3.8, 4) is 0 Å². The van der Waals surface area contributed by atoms with Crippen LogP contribution >= 0.6 is 0 Å². The van der Waals surface area contributed by atoms with Crippen LogP contribution in [0.4, 0.5) is 5.69 Å². The summed E-state index contributed by atoms with van der Waals surface area (Å²) in [5.74, 6) is -0.730. The Morgan fingerprint density at radius 1 is 1.03 bits per heavy atom. The standard InChI is InChI=1S/C24H28N2O4/c1-17-6-5-7-19(14-17)24(12-3-4-13-24)23(29)26-20-10-8-18(9-11-20)15-21(27)25-16-22(28)30-2/h5-11,14H,3-4,12-13,15-16H2,1-2H3,(H,25,27)(H,26,29). The van der Waals surface area contributed by atoms with Crippen molar-refractivity contribution in [2.24, 2.45) is 0 Å². The molecule has 1 aliphatic carbocycles. The molecule has 158 valence electrons. The number of esters is 1. The molecule has 0 spiro atoms. The topological polar surface area (TPSA) is 84.5 Å². The Morgan fingerprint density at radius 2 is 1.73 bits per heavy atom. The highest BCUT2D eigenvalue weighted by Crippen LogP contribution is 2.42. The summed E-state index contributed by atoms with van der Waals surface area (Å²) < 4.78 is 4.50. The first-order chi connectivity index (χ1) is 14.4. The van der Waals surface area contributed by atoms with E-state index in [1.54, 1.807) is 24.3 Å². The second-order valence-corrected chi connectivity index (χ2v) is 7.84. The number of benzene rings is 2. The smallest absolute Gasteiger partial charge is 0.325 e. The van der Waals surface area contributed by atoms with E-state index in [1.165, 1.54) is 7.11 Å². The lowest BCUT2D eigenvalue weighted by molar-refractivity contribution is -0.141. The zero-order valence-corrected chi connectivity index (χ0v) is 17.5. The summed E-state index contributed by atoms with van der Waals surface area (Å²) in [7, 11) is 1.27. The molecule has 0 atom stereocenters. The minimum absolute atomic E-state index is 0.0224. The monoisotopic (exact) mass is 408 g/mol. The van der Waals surface area contributed by atoms with Gasteiger partial charge in [0.1, 0.15) is 6.54 Å². The predicted octanol–water partition coefficient (Wildman–Crippen LogP) is 3.28. The van der Waals surface area contributed by atoms with Crippen LogP contribution in [0.15, 0.2) is 48.5 Å². The van der Waals surface area contributed by atoms with Gasteiger partial charge in [0.25, 0.3) is 0 Å². The van der Waals surface area contributed by atoms with E-state index >= 15 is 0 Å². The van der Waals surface area contributed by atoms with Crippen molar-refractivity contribution in [2.75, 3.05) is 19.0 Å². The molecule has 0 aliphatic heterocycles. The van der Waals surface area contributed by atoms with E-state index in [1.807, 2.05) is 25.1 Å². The highest BCUT2D eigenvalue weighted by Gasteiger charge is 2.42. The molecule has 1 saturated carbocycles. The Bertz CT molecular complexity index is 915. The number of hydrogen-bond acceptors (Lipinski definition) is 4. The maximum Gasteiger partial charge on any atom is 0.325 e. The van der Waals surface area contributed by atoms with Crippen LogP contribution in [-0.2, 0) is 31.0 Å². The van der Waals surface area contributed by atoms with E-state index in [9.17, 15) is 14.4 Å². The minimum atomic E-state index is -0.490. The molecule has 30 heavy (non-hydrogen) atoms. The SMILES string of the molecule is COC(=O)CNC(=O)Cc1ccc(NC(=O)C2(c3cccc(C)c3)CCCC2)cc1. The van der Waals surface area contributed by atoms with Crippen molar-refractivity contribution in [1.29, 1.82) is 0 Å². The van der Waals surface area contributed by atoms with Crippen molar-refractivity contribution >= 4 is 23.5 Å². The number of hydrogen-bond donors (Lipinski definition) is 2. The van der Waals surface area contributed by atoms with E-state index in [0.29, 0.717) is 5.69 Å². The van der Waals surface area contributed by atoms with Gasteiger partial charge < -0.3 is 15.4 Å². The molecule has 1 fully saturated rings. The summed E-state index contributed by atoms with van der Waals surface area (Å²) in [5.41, 5.74) is 3.25. The molecule has 2 N–H and O–H groups in total. The van der Waals surface area contributed by atoms with Crippen molar-refractivity contribution < 1.29 is 19.1 Å². The first-order valence-corrected chi connectivity index (χ1v) is 10.2. The number of carbonyl (C=O) groups excluding carboxylic acids is 3. The Hall–Kier alpha value is -3.15. The molecule has 0 radical (unpaired) electrons. The van der Waals surface area contributed by atoms with Gasteiger partial charge in [-0.1, -0.05) is 54.8 Å². The molecule has 0 bridgehead atoms. The third-order valence-corrected chi connectivity index (χ3v) is 5.70. The number of nitrogens with one attached hydrogen (secondary N) is 2. The lowest BCUT2D eigenvalue weighted by Crippen LogP contribution is -2.38. The third-order valence-electron chi connectivity index (χ3n) is 5.70. The van der Waals surface area contributed by atoms with Gasteiger partial charge in [-0.15, -0.1) is 0 Å². The fourth-order valence-electron chi connectivity index (χ4n) is 4.02. The molecule has 6 heteroatoms. The number of rotatable bonds is 7. The van der Waals surface area contributed by atoms with E-state index in [-0.39, 0.29) is 24.8 Å². The fourth-order valence-corrected chi connectivity index (χ4v) is 4.02. The quantitative estimate of drug-likeness (QED) is 0.689. The van der Waals surface area contributed by atoms with E-state index in [4.69, 9.17) is 0 Å². The van der Waals surface area contributed by atoms with Crippen LogP contribution in [0.1, 0.15) is 42.4 Å². The molecule has 2 aromatic rings. The van der Waals surface area contributed by atoms with Gasteiger partial charge in [-0.05, 0) is 43.0 Å². The number of amides is 2. The summed E-state index contributed by atoms with van der Waals surface area (Å²) in [6.07, 6.45) is 3.93. The van der Waals surface area contributed by atoms with Gasteiger partial charge in [-0.25, -0.2) is 0 Å². The van der Waals surface area contributed by atoms with Gasteiger partial charge in [0.2, 0.25) is 11.8 Å². The van der Waals surface area contributed by atoms with Gasteiger partial charge in [0.05, 0.1) is 18.9 Å². The first kappa shape index (κ1) is 21.6. The fraction of sp³-hybridized carbons (Fsp3) is 0.375. The molecule has 0 aromatic heterocycles. The molecular formula is C24H28N2O4. The number of carbonyl (C=O) groups is 3. The maximum absolute atomic E-state index is 13.3. The second kappa shape index (κ2) is 9.57. The molecule has 1 aliphatic rings. The molecule has 2 aromatic carbocycles. The van der Waals surface area contributed by atoms with Gasteiger partial charge in [0.15, 0.2) is 0 Å². The van der Waals surface area contributed by atoms with Crippen molar-refractivity contribution in [1.82, 2.24) is 5.32 Å². The average molecular weight is 408 g/mol. The lowest BCUT2D eigenvalue weighted by Gasteiger charge is -2.28. The van der Waals surface area contributed by atoms with Crippen molar-refractivity contribution in [3.05, 3.63) is 65.2 Å². The van der Waals surface area contributed by atoms with Crippen LogP contribution in [-0.4, -0.2) is 31.4 Å². The Morgan fingerprint density at radius 3 is 2.37 bits per heavy atom. The van der Waals surface area contributed by atoms with Gasteiger partial charge in [-0.2, -0.15) is 0 Å². The summed E-state index contributed by atoms with van der Waals surface area (Å²) in [4.78, 5) is 36.3. The van der Waals surface area contributed by atoms with Crippen molar-refractivity contribution in [2.45, 2.75) is 44.4 Å². The predicted molar refractivity (Wildman–Crippen MR) is 115 cm³/mol. The molecular weight excluding hydrogens is 380 g/mol. The number of methoxy groups -OCH3 is 1. The normalized spacial score (nSPS) is 14.7. The Kier molecular flexibility index (Phi) is 6.87. The molecule has 0 saturated heterocycles. The van der Waals surface area contributed by atoms with E-state index in [0.717, 1.165) is 42.4 Å².